The molecule has 2 heterocycles. The van der Waals surface area contributed by atoms with Crippen LogP contribution in [0.5, 0.6) is 5.75 Å². The standard InChI is InChI=1S/C20H24N2O2/c1-5-17(23)20-19(21-18-8-6-7-14(4)22(18)20)15-9-11-16(12-10-15)24-13(2)3/h6-13,17,23H,5H2,1-4H3. The van der Waals surface area contributed by atoms with Gasteiger partial charge in [0.2, 0.25) is 0 Å². The van der Waals surface area contributed by atoms with Crippen molar-refractivity contribution in [2.24, 2.45) is 0 Å². The third-order valence-electron chi connectivity index (χ3n) is 4.08. The molecule has 0 aliphatic carbocycles. The average Bonchev–Trinajstić information content (AvgIpc) is 2.95. The number of benzene rings is 1. The number of hydrogen-bond donors (Lipinski definition) is 1. The van der Waals surface area contributed by atoms with E-state index in [-0.39, 0.29) is 6.10 Å². The molecular formula is C20H24N2O2. The first-order valence-corrected chi connectivity index (χ1v) is 8.44. The van der Waals surface area contributed by atoms with Crippen LogP contribution in [0.2, 0.25) is 0 Å². The molecule has 1 aromatic carbocycles. The minimum absolute atomic E-state index is 0.145. The zero-order valence-corrected chi connectivity index (χ0v) is 14.7. The Kier molecular flexibility index (Phi) is 4.58. The summed E-state index contributed by atoms with van der Waals surface area (Å²) in [5.41, 5.74) is 4.58. The van der Waals surface area contributed by atoms with E-state index in [1.54, 1.807) is 0 Å². The topological polar surface area (TPSA) is 46.8 Å². The van der Waals surface area contributed by atoms with Gasteiger partial charge in [-0.3, -0.25) is 4.40 Å². The quantitative estimate of drug-likeness (QED) is 0.749. The van der Waals surface area contributed by atoms with E-state index >= 15 is 0 Å². The molecule has 0 saturated heterocycles. The molecule has 0 saturated carbocycles. The van der Waals surface area contributed by atoms with Crippen molar-refractivity contribution in [1.29, 1.82) is 0 Å². The number of hydrogen-bond acceptors (Lipinski definition) is 3. The second-order valence-corrected chi connectivity index (χ2v) is 6.32. The second kappa shape index (κ2) is 6.65. The van der Waals surface area contributed by atoms with Gasteiger partial charge in [-0.1, -0.05) is 13.0 Å². The molecule has 1 N–H and O–H groups in total. The van der Waals surface area contributed by atoms with E-state index in [0.29, 0.717) is 6.42 Å². The Morgan fingerprint density at radius 1 is 1.12 bits per heavy atom. The number of nitrogens with zero attached hydrogens (tertiary/aromatic N) is 2. The van der Waals surface area contributed by atoms with Crippen molar-refractivity contribution in [2.45, 2.75) is 46.3 Å². The fourth-order valence-electron chi connectivity index (χ4n) is 2.96. The smallest absolute Gasteiger partial charge is 0.137 e. The highest BCUT2D eigenvalue weighted by atomic mass is 16.5. The number of fused-ring (bicyclic) bond motifs is 1. The molecule has 0 aliphatic heterocycles. The fraction of sp³-hybridized carbons (Fsp3) is 0.350. The molecule has 126 valence electrons. The van der Waals surface area contributed by atoms with Crippen molar-refractivity contribution in [3.8, 4) is 17.0 Å². The predicted octanol–water partition coefficient (Wildman–Crippen LogP) is 4.54. The molecule has 24 heavy (non-hydrogen) atoms. The van der Waals surface area contributed by atoms with E-state index in [0.717, 1.165) is 34.0 Å². The summed E-state index contributed by atoms with van der Waals surface area (Å²) < 4.78 is 7.75. The van der Waals surface area contributed by atoms with E-state index in [1.807, 2.05) is 74.6 Å². The minimum Gasteiger partial charge on any atom is -0.491 e. The van der Waals surface area contributed by atoms with Gasteiger partial charge in [0.15, 0.2) is 0 Å². The fourth-order valence-corrected chi connectivity index (χ4v) is 2.96. The number of aliphatic hydroxyl groups is 1. The van der Waals surface area contributed by atoms with Crippen LogP contribution in [0.3, 0.4) is 0 Å². The van der Waals surface area contributed by atoms with Gasteiger partial charge >= 0.3 is 0 Å². The van der Waals surface area contributed by atoms with Crippen LogP contribution in [0.25, 0.3) is 16.9 Å². The van der Waals surface area contributed by atoms with Gasteiger partial charge in [-0.2, -0.15) is 0 Å². The summed E-state index contributed by atoms with van der Waals surface area (Å²) in [4.78, 5) is 4.77. The first kappa shape index (κ1) is 16.5. The molecule has 0 bridgehead atoms. The zero-order valence-electron chi connectivity index (χ0n) is 14.7. The molecule has 4 heteroatoms. The second-order valence-electron chi connectivity index (χ2n) is 6.32. The van der Waals surface area contributed by atoms with Crippen LogP contribution in [-0.2, 0) is 0 Å². The largest absolute Gasteiger partial charge is 0.491 e. The number of imidazole rings is 1. The Balaban J connectivity index is 2.13. The molecular weight excluding hydrogens is 300 g/mol. The maximum atomic E-state index is 10.6. The van der Waals surface area contributed by atoms with Crippen LogP contribution in [0.1, 0.15) is 44.7 Å². The van der Waals surface area contributed by atoms with E-state index in [9.17, 15) is 5.11 Å². The Morgan fingerprint density at radius 2 is 1.83 bits per heavy atom. The summed E-state index contributed by atoms with van der Waals surface area (Å²) in [6.45, 7) is 8.03. The number of aliphatic hydroxyl groups excluding tert-OH is 1. The molecule has 4 nitrogen and oxygen atoms in total. The summed E-state index contributed by atoms with van der Waals surface area (Å²) in [5.74, 6) is 0.839. The van der Waals surface area contributed by atoms with Crippen molar-refractivity contribution in [3.05, 3.63) is 53.9 Å². The van der Waals surface area contributed by atoms with Crippen molar-refractivity contribution >= 4 is 5.65 Å². The first-order chi connectivity index (χ1) is 11.5. The van der Waals surface area contributed by atoms with Crippen LogP contribution >= 0.6 is 0 Å². The molecule has 0 radical (unpaired) electrons. The molecule has 0 fully saturated rings. The Morgan fingerprint density at radius 3 is 2.46 bits per heavy atom. The number of pyridine rings is 1. The molecule has 0 amide bonds. The lowest BCUT2D eigenvalue weighted by Gasteiger charge is -2.13. The third-order valence-corrected chi connectivity index (χ3v) is 4.08. The van der Waals surface area contributed by atoms with E-state index in [2.05, 4.69) is 0 Å². The molecule has 3 aromatic rings. The highest BCUT2D eigenvalue weighted by Gasteiger charge is 2.20. The first-order valence-electron chi connectivity index (χ1n) is 8.44. The predicted molar refractivity (Wildman–Crippen MR) is 96.4 cm³/mol. The highest BCUT2D eigenvalue weighted by Crippen LogP contribution is 2.32. The SMILES string of the molecule is CCC(O)c1c(-c2ccc(OC(C)C)cc2)nc2cccc(C)n12. The van der Waals surface area contributed by atoms with E-state index in [4.69, 9.17) is 9.72 Å². The maximum absolute atomic E-state index is 10.6. The number of aromatic nitrogens is 2. The molecule has 1 atom stereocenters. The summed E-state index contributed by atoms with van der Waals surface area (Å²) in [5, 5.41) is 10.6. The average molecular weight is 324 g/mol. The number of rotatable bonds is 5. The lowest BCUT2D eigenvalue weighted by molar-refractivity contribution is 0.168. The number of ether oxygens (including phenoxy) is 1. The van der Waals surface area contributed by atoms with Crippen LogP contribution in [-0.4, -0.2) is 20.6 Å². The Labute approximate surface area is 142 Å². The monoisotopic (exact) mass is 324 g/mol. The summed E-state index contributed by atoms with van der Waals surface area (Å²) in [6, 6.07) is 13.9. The van der Waals surface area contributed by atoms with Gasteiger partial charge in [-0.05, 0) is 63.6 Å². The van der Waals surface area contributed by atoms with Gasteiger partial charge in [-0.25, -0.2) is 4.98 Å². The van der Waals surface area contributed by atoms with Crippen molar-refractivity contribution < 1.29 is 9.84 Å². The molecule has 0 spiro atoms. The van der Waals surface area contributed by atoms with Gasteiger partial charge < -0.3 is 9.84 Å². The third kappa shape index (κ3) is 3.02. The van der Waals surface area contributed by atoms with Crippen LogP contribution in [0, 0.1) is 6.92 Å². The maximum Gasteiger partial charge on any atom is 0.137 e. The molecule has 3 rings (SSSR count). The Bertz CT molecular complexity index is 835. The minimum atomic E-state index is -0.553. The van der Waals surface area contributed by atoms with Gasteiger partial charge in [-0.15, -0.1) is 0 Å². The molecule has 1 unspecified atom stereocenters. The molecule has 0 aliphatic rings. The summed E-state index contributed by atoms with van der Waals surface area (Å²) in [6.07, 6.45) is 0.234. The van der Waals surface area contributed by atoms with Gasteiger partial charge in [0.25, 0.3) is 0 Å². The van der Waals surface area contributed by atoms with Gasteiger partial charge in [0.05, 0.1) is 23.6 Å². The van der Waals surface area contributed by atoms with Gasteiger partial charge in [0, 0.05) is 11.3 Å². The van der Waals surface area contributed by atoms with Crippen molar-refractivity contribution in [3.63, 3.8) is 0 Å². The Hall–Kier alpha value is -2.33. The zero-order chi connectivity index (χ0) is 17.3. The van der Waals surface area contributed by atoms with Crippen LogP contribution < -0.4 is 4.74 Å². The normalized spacial score (nSPS) is 12.8. The summed E-state index contributed by atoms with van der Waals surface area (Å²) >= 11 is 0. The highest BCUT2D eigenvalue weighted by molar-refractivity contribution is 5.68. The summed E-state index contributed by atoms with van der Waals surface area (Å²) in [7, 11) is 0. The van der Waals surface area contributed by atoms with Crippen molar-refractivity contribution in [2.75, 3.05) is 0 Å². The van der Waals surface area contributed by atoms with E-state index in [1.165, 1.54) is 0 Å². The molecule has 2 aromatic heterocycles. The van der Waals surface area contributed by atoms with Gasteiger partial charge in [0.1, 0.15) is 11.4 Å². The van der Waals surface area contributed by atoms with Crippen LogP contribution in [0.4, 0.5) is 0 Å². The lowest BCUT2D eigenvalue weighted by atomic mass is 10.1. The lowest BCUT2D eigenvalue weighted by Crippen LogP contribution is -2.05. The van der Waals surface area contributed by atoms with Crippen molar-refractivity contribution in [1.82, 2.24) is 9.38 Å². The number of aryl methyl sites for hydroxylation is 1. The van der Waals surface area contributed by atoms with E-state index < -0.39 is 6.10 Å². The van der Waals surface area contributed by atoms with Crippen LogP contribution in [0.15, 0.2) is 42.5 Å².